The van der Waals surface area contributed by atoms with Crippen molar-refractivity contribution in [2.45, 2.75) is 6.92 Å². The van der Waals surface area contributed by atoms with E-state index in [2.05, 4.69) is 5.32 Å². The van der Waals surface area contributed by atoms with E-state index in [0.29, 0.717) is 11.4 Å². The Labute approximate surface area is 116 Å². The third-order valence-electron chi connectivity index (χ3n) is 2.68. The molecule has 1 amide bonds. The molecule has 20 heavy (non-hydrogen) atoms. The molecule has 0 saturated heterocycles. The van der Waals surface area contributed by atoms with Crippen molar-refractivity contribution in [2.24, 2.45) is 0 Å². The van der Waals surface area contributed by atoms with Crippen LogP contribution in [-0.4, -0.2) is 12.5 Å². The average Bonchev–Trinajstić information content (AvgIpc) is 2.42. The van der Waals surface area contributed by atoms with E-state index in [4.69, 9.17) is 10.5 Å². The third kappa shape index (κ3) is 3.71. The average molecular weight is 274 g/mol. The van der Waals surface area contributed by atoms with Gasteiger partial charge >= 0.3 is 0 Å². The summed E-state index contributed by atoms with van der Waals surface area (Å²) in [5, 5.41) is 2.50. The number of nitrogens with one attached hydrogen (secondary N) is 1. The molecule has 0 aliphatic heterocycles. The molecule has 104 valence electrons. The number of benzene rings is 2. The van der Waals surface area contributed by atoms with Crippen LogP contribution < -0.4 is 15.8 Å². The van der Waals surface area contributed by atoms with Crippen LogP contribution in [0.4, 0.5) is 15.8 Å². The number of rotatable bonds is 4. The molecule has 0 aliphatic rings. The summed E-state index contributed by atoms with van der Waals surface area (Å²) in [7, 11) is 0. The van der Waals surface area contributed by atoms with Gasteiger partial charge in [0, 0.05) is 0 Å². The third-order valence-corrected chi connectivity index (χ3v) is 2.68. The normalized spacial score (nSPS) is 10.1. The standard InChI is InChI=1S/C15H15FN2O2/c1-10-2-5-12(6-3-10)20-9-15(19)18-14-8-11(16)4-7-13(14)17/h2-8H,9,17H2,1H3,(H,18,19). The molecule has 0 atom stereocenters. The highest BCUT2D eigenvalue weighted by Gasteiger charge is 2.07. The van der Waals surface area contributed by atoms with Crippen LogP contribution >= 0.6 is 0 Å². The number of hydrogen-bond acceptors (Lipinski definition) is 3. The smallest absolute Gasteiger partial charge is 0.262 e. The van der Waals surface area contributed by atoms with E-state index < -0.39 is 11.7 Å². The number of amides is 1. The van der Waals surface area contributed by atoms with Gasteiger partial charge in [-0.25, -0.2) is 4.39 Å². The summed E-state index contributed by atoms with van der Waals surface area (Å²) < 4.78 is 18.4. The van der Waals surface area contributed by atoms with Gasteiger partial charge in [0.15, 0.2) is 6.61 Å². The maximum atomic E-state index is 13.0. The molecule has 0 spiro atoms. The van der Waals surface area contributed by atoms with Gasteiger partial charge in [-0.1, -0.05) is 17.7 Å². The molecular weight excluding hydrogens is 259 g/mol. The van der Waals surface area contributed by atoms with Crippen molar-refractivity contribution in [2.75, 3.05) is 17.7 Å². The Bertz CT molecular complexity index is 612. The van der Waals surface area contributed by atoms with Crippen LogP contribution in [0, 0.1) is 12.7 Å². The van der Waals surface area contributed by atoms with E-state index in [9.17, 15) is 9.18 Å². The molecule has 0 fully saturated rings. The molecule has 0 saturated carbocycles. The van der Waals surface area contributed by atoms with Crippen molar-refractivity contribution >= 4 is 17.3 Å². The van der Waals surface area contributed by atoms with Crippen LogP contribution in [0.1, 0.15) is 5.56 Å². The Morgan fingerprint density at radius 1 is 1.25 bits per heavy atom. The van der Waals surface area contributed by atoms with Crippen molar-refractivity contribution < 1.29 is 13.9 Å². The SMILES string of the molecule is Cc1ccc(OCC(=O)Nc2cc(F)ccc2N)cc1. The van der Waals surface area contributed by atoms with E-state index in [1.165, 1.54) is 18.2 Å². The Morgan fingerprint density at radius 3 is 2.65 bits per heavy atom. The van der Waals surface area contributed by atoms with E-state index in [1.807, 2.05) is 19.1 Å². The van der Waals surface area contributed by atoms with Crippen molar-refractivity contribution in [3.05, 3.63) is 53.8 Å². The second-order valence-electron chi connectivity index (χ2n) is 4.38. The van der Waals surface area contributed by atoms with E-state index in [0.717, 1.165) is 5.56 Å². The highest BCUT2D eigenvalue weighted by Crippen LogP contribution is 2.19. The summed E-state index contributed by atoms with van der Waals surface area (Å²) >= 11 is 0. The minimum atomic E-state index is -0.464. The van der Waals surface area contributed by atoms with Crippen molar-refractivity contribution in [3.63, 3.8) is 0 Å². The zero-order valence-corrected chi connectivity index (χ0v) is 11.0. The van der Waals surface area contributed by atoms with Crippen LogP contribution in [0.2, 0.25) is 0 Å². The monoisotopic (exact) mass is 274 g/mol. The number of aryl methyl sites for hydroxylation is 1. The second kappa shape index (κ2) is 6.06. The summed E-state index contributed by atoms with van der Waals surface area (Å²) in [6.45, 7) is 1.79. The van der Waals surface area contributed by atoms with Gasteiger partial charge in [-0.2, -0.15) is 0 Å². The van der Waals surface area contributed by atoms with Crippen LogP contribution in [0.15, 0.2) is 42.5 Å². The van der Waals surface area contributed by atoms with Crippen LogP contribution in [0.3, 0.4) is 0 Å². The highest BCUT2D eigenvalue weighted by molar-refractivity contribution is 5.94. The van der Waals surface area contributed by atoms with E-state index in [-0.39, 0.29) is 12.3 Å². The fraction of sp³-hybridized carbons (Fsp3) is 0.133. The maximum absolute atomic E-state index is 13.0. The number of halogens is 1. The maximum Gasteiger partial charge on any atom is 0.262 e. The summed E-state index contributed by atoms with van der Waals surface area (Å²) in [5.74, 6) is -0.269. The number of carbonyl (C=O) groups excluding carboxylic acids is 1. The Kier molecular flexibility index (Phi) is 4.20. The van der Waals surface area contributed by atoms with Crippen molar-refractivity contribution in [1.82, 2.24) is 0 Å². The fourth-order valence-corrected chi connectivity index (χ4v) is 1.61. The number of ether oxygens (including phenoxy) is 1. The zero-order chi connectivity index (χ0) is 14.5. The van der Waals surface area contributed by atoms with Gasteiger partial charge in [0.1, 0.15) is 11.6 Å². The minimum absolute atomic E-state index is 0.168. The lowest BCUT2D eigenvalue weighted by atomic mass is 10.2. The number of hydrogen-bond donors (Lipinski definition) is 2. The van der Waals surface area contributed by atoms with Crippen molar-refractivity contribution in [3.8, 4) is 5.75 Å². The fourth-order valence-electron chi connectivity index (χ4n) is 1.61. The lowest BCUT2D eigenvalue weighted by molar-refractivity contribution is -0.118. The molecule has 2 aromatic carbocycles. The first-order valence-corrected chi connectivity index (χ1v) is 6.09. The number of carbonyl (C=O) groups is 1. The molecule has 2 aromatic rings. The predicted molar refractivity (Wildman–Crippen MR) is 76.1 cm³/mol. The Morgan fingerprint density at radius 2 is 1.95 bits per heavy atom. The lowest BCUT2D eigenvalue weighted by Gasteiger charge is -2.09. The molecular formula is C15H15FN2O2. The van der Waals surface area contributed by atoms with Gasteiger partial charge in [-0.3, -0.25) is 4.79 Å². The zero-order valence-electron chi connectivity index (χ0n) is 11.0. The van der Waals surface area contributed by atoms with Crippen LogP contribution in [-0.2, 0) is 4.79 Å². The van der Waals surface area contributed by atoms with Gasteiger partial charge in [0.05, 0.1) is 11.4 Å². The topological polar surface area (TPSA) is 64.3 Å². The second-order valence-corrected chi connectivity index (χ2v) is 4.38. The predicted octanol–water partition coefficient (Wildman–Crippen LogP) is 2.73. The van der Waals surface area contributed by atoms with Crippen molar-refractivity contribution in [1.29, 1.82) is 0 Å². The van der Waals surface area contributed by atoms with Crippen LogP contribution in [0.25, 0.3) is 0 Å². The minimum Gasteiger partial charge on any atom is -0.484 e. The highest BCUT2D eigenvalue weighted by atomic mass is 19.1. The van der Waals surface area contributed by atoms with Gasteiger partial charge in [-0.05, 0) is 37.3 Å². The van der Waals surface area contributed by atoms with E-state index >= 15 is 0 Å². The molecule has 3 N–H and O–H groups in total. The molecule has 0 radical (unpaired) electrons. The summed E-state index contributed by atoms with van der Waals surface area (Å²) in [6, 6.07) is 11.1. The largest absolute Gasteiger partial charge is 0.484 e. The first-order chi connectivity index (χ1) is 9.54. The van der Waals surface area contributed by atoms with Gasteiger partial charge in [0.25, 0.3) is 5.91 Å². The number of anilines is 2. The van der Waals surface area contributed by atoms with Gasteiger partial charge in [0.2, 0.25) is 0 Å². The quantitative estimate of drug-likeness (QED) is 0.842. The summed E-state index contributed by atoms with van der Waals surface area (Å²) in [6.07, 6.45) is 0. The van der Waals surface area contributed by atoms with Gasteiger partial charge < -0.3 is 15.8 Å². The summed E-state index contributed by atoms with van der Waals surface area (Å²) in [4.78, 5) is 11.7. The molecule has 2 rings (SSSR count). The van der Waals surface area contributed by atoms with Crippen LogP contribution in [0.5, 0.6) is 5.75 Å². The van der Waals surface area contributed by atoms with E-state index in [1.54, 1.807) is 12.1 Å². The molecule has 5 heteroatoms. The van der Waals surface area contributed by atoms with Gasteiger partial charge in [-0.15, -0.1) is 0 Å². The molecule has 4 nitrogen and oxygen atoms in total. The molecule has 0 bridgehead atoms. The number of nitrogens with two attached hydrogens (primary N) is 1. The Hall–Kier alpha value is -2.56. The molecule has 0 heterocycles. The lowest BCUT2D eigenvalue weighted by Crippen LogP contribution is -2.20. The molecule has 0 aromatic heterocycles. The molecule has 0 unspecified atom stereocenters. The first-order valence-electron chi connectivity index (χ1n) is 6.09. The first kappa shape index (κ1) is 13.9. The Balaban J connectivity index is 1.92. The molecule has 0 aliphatic carbocycles. The number of nitrogen functional groups attached to an aromatic ring is 1. The summed E-state index contributed by atoms with van der Waals surface area (Å²) in [5.41, 5.74) is 7.28.